The van der Waals surface area contributed by atoms with Gasteiger partial charge >= 0.3 is 0 Å². The molecular formula is C22H19ClN2O3. The van der Waals surface area contributed by atoms with Crippen LogP contribution in [0.15, 0.2) is 54.6 Å². The fraction of sp³-hybridized carbons (Fsp3) is 0.227. The highest BCUT2D eigenvalue weighted by molar-refractivity contribution is 6.30. The molecule has 0 atom stereocenters. The lowest BCUT2D eigenvalue weighted by Gasteiger charge is -2.30. The van der Waals surface area contributed by atoms with Crippen molar-refractivity contribution in [3.05, 3.63) is 81.0 Å². The Labute approximate surface area is 167 Å². The van der Waals surface area contributed by atoms with Crippen LogP contribution in [0.25, 0.3) is 16.9 Å². The average molecular weight is 395 g/mol. The summed E-state index contributed by atoms with van der Waals surface area (Å²) in [6.07, 6.45) is 1.26. The van der Waals surface area contributed by atoms with Crippen molar-refractivity contribution < 1.29 is 9.72 Å². The van der Waals surface area contributed by atoms with E-state index in [0.29, 0.717) is 17.0 Å². The highest BCUT2D eigenvalue weighted by Crippen LogP contribution is 2.40. The second kappa shape index (κ2) is 6.60. The predicted octanol–water partition coefficient (Wildman–Crippen LogP) is 5.86. The van der Waals surface area contributed by atoms with Crippen LogP contribution in [0.3, 0.4) is 0 Å². The quantitative estimate of drug-likeness (QED) is 0.412. The van der Waals surface area contributed by atoms with Crippen molar-refractivity contribution in [2.45, 2.75) is 26.7 Å². The highest BCUT2D eigenvalue weighted by Gasteiger charge is 2.35. The number of Topliss-reactive ketones (excluding diaryl/α,β-unsaturated/α-hetero) is 1. The first-order chi connectivity index (χ1) is 13.2. The molecule has 142 valence electrons. The van der Waals surface area contributed by atoms with E-state index in [4.69, 9.17) is 11.6 Å². The zero-order valence-corrected chi connectivity index (χ0v) is 16.4. The van der Waals surface area contributed by atoms with Gasteiger partial charge in [0.2, 0.25) is 0 Å². The van der Waals surface area contributed by atoms with Gasteiger partial charge in [-0.2, -0.15) is 0 Å². The Balaban J connectivity index is 1.96. The number of fused-ring (bicyclic) bond motifs is 1. The topological polar surface area (TPSA) is 65.1 Å². The SMILES string of the molecule is CC1(C)CC(=O)c2cc(-c3ccc([N+](=O)[O-])cc3)n(-c3cccc(Cl)c3)c2C1. The largest absolute Gasteiger partial charge is 0.313 e. The van der Waals surface area contributed by atoms with Crippen molar-refractivity contribution in [1.82, 2.24) is 4.57 Å². The molecule has 1 aliphatic rings. The van der Waals surface area contributed by atoms with Crippen LogP contribution in [-0.4, -0.2) is 15.3 Å². The number of ketones is 1. The molecular weight excluding hydrogens is 376 g/mol. The summed E-state index contributed by atoms with van der Waals surface area (Å²) in [5.74, 6) is 0.121. The molecule has 0 aliphatic heterocycles. The Morgan fingerprint density at radius 1 is 1.07 bits per heavy atom. The third-order valence-corrected chi connectivity index (χ3v) is 5.36. The van der Waals surface area contributed by atoms with E-state index in [0.717, 1.165) is 29.1 Å². The van der Waals surface area contributed by atoms with Gasteiger partial charge in [-0.15, -0.1) is 0 Å². The summed E-state index contributed by atoms with van der Waals surface area (Å²) in [5.41, 5.74) is 4.08. The number of nitro groups is 1. The molecule has 4 rings (SSSR count). The van der Waals surface area contributed by atoms with Crippen LogP contribution in [0.5, 0.6) is 0 Å². The van der Waals surface area contributed by atoms with Crippen molar-refractivity contribution in [2.24, 2.45) is 5.41 Å². The van der Waals surface area contributed by atoms with Gasteiger partial charge in [-0.05, 0) is 53.8 Å². The number of nitrogens with zero attached hydrogens (tertiary/aromatic N) is 2. The van der Waals surface area contributed by atoms with Gasteiger partial charge in [-0.1, -0.05) is 31.5 Å². The van der Waals surface area contributed by atoms with Gasteiger partial charge in [0.1, 0.15) is 0 Å². The average Bonchev–Trinajstić information content (AvgIpc) is 3.00. The Hall–Kier alpha value is -2.92. The van der Waals surface area contributed by atoms with Crippen molar-refractivity contribution in [1.29, 1.82) is 0 Å². The summed E-state index contributed by atoms with van der Waals surface area (Å²) >= 11 is 6.23. The number of hydrogen-bond donors (Lipinski definition) is 0. The molecule has 0 saturated heterocycles. The molecule has 1 aliphatic carbocycles. The van der Waals surface area contributed by atoms with E-state index >= 15 is 0 Å². The number of hydrogen-bond acceptors (Lipinski definition) is 3. The molecule has 28 heavy (non-hydrogen) atoms. The molecule has 0 bridgehead atoms. The minimum atomic E-state index is -0.420. The highest BCUT2D eigenvalue weighted by atomic mass is 35.5. The molecule has 5 nitrogen and oxygen atoms in total. The zero-order valence-electron chi connectivity index (χ0n) is 15.6. The summed E-state index contributed by atoms with van der Waals surface area (Å²) < 4.78 is 2.06. The lowest BCUT2D eigenvalue weighted by molar-refractivity contribution is -0.384. The molecule has 3 aromatic rings. The minimum Gasteiger partial charge on any atom is -0.313 e. The summed E-state index contributed by atoms with van der Waals surface area (Å²) in [4.78, 5) is 23.4. The molecule has 0 amide bonds. The second-order valence-corrected chi connectivity index (χ2v) is 8.39. The Morgan fingerprint density at radius 2 is 1.79 bits per heavy atom. The lowest BCUT2D eigenvalue weighted by Crippen LogP contribution is -2.27. The molecule has 2 aromatic carbocycles. The number of benzene rings is 2. The number of non-ortho nitro benzene ring substituents is 1. The maximum Gasteiger partial charge on any atom is 0.269 e. The fourth-order valence-corrected chi connectivity index (χ4v) is 4.07. The van der Waals surface area contributed by atoms with Gasteiger partial charge in [-0.3, -0.25) is 14.9 Å². The lowest BCUT2D eigenvalue weighted by atomic mass is 9.76. The van der Waals surface area contributed by atoms with Gasteiger partial charge < -0.3 is 4.57 Å². The smallest absolute Gasteiger partial charge is 0.269 e. The summed E-state index contributed by atoms with van der Waals surface area (Å²) in [7, 11) is 0. The van der Waals surface area contributed by atoms with Crippen LogP contribution in [0.4, 0.5) is 5.69 Å². The number of carbonyl (C=O) groups is 1. The van der Waals surface area contributed by atoms with E-state index < -0.39 is 4.92 Å². The molecule has 0 fully saturated rings. The second-order valence-electron chi connectivity index (χ2n) is 7.95. The van der Waals surface area contributed by atoms with E-state index in [2.05, 4.69) is 18.4 Å². The Kier molecular flexibility index (Phi) is 4.35. The van der Waals surface area contributed by atoms with Crippen LogP contribution in [0, 0.1) is 15.5 Å². The molecule has 0 spiro atoms. The first-order valence-corrected chi connectivity index (χ1v) is 9.41. The minimum absolute atomic E-state index is 0.0339. The summed E-state index contributed by atoms with van der Waals surface area (Å²) in [6, 6.07) is 15.8. The summed E-state index contributed by atoms with van der Waals surface area (Å²) in [6.45, 7) is 4.18. The number of halogens is 1. The third-order valence-electron chi connectivity index (χ3n) is 5.13. The van der Waals surface area contributed by atoms with Crippen molar-refractivity contribution >= 4 is 23.1 Å². The maximum absolute atomic E-state index is 12.8. The molecule has 0 N–H and O–H groups in total. The number of carbonyl (C=O) groups excluding carboxylic acids is 1. The molecule has 0 unspecified atom stereocenters. The van der Waals surface area contributed by atoms with Crippen LogP contribution >= 0.6 is 11.6 Å². The molecule has 6 heteroatoms. The van der Waals surface area contributed by atoms with Crippen LogP contribution < -0.4 is 0 Å². The monoisotopic (exact) mass is 394 g/mol. The predicted molar refractivity (Wildman–Crippen MR) is 109 cm³/mol. The molecule has 1 aromatic heterocycles. The molecule has 1 heterocycles. The van der Waals surface area contributed by atoms with Gasteiger partial charge in [0, 0.05) is 40.5 Å². The van der Waals surface area contributed by atoms with Gasteiger partial charge in [-0.25, -0.2) is 0 Å². The normalized spacial score (nSPS) is 15.3. The Bertz CT molecular complexity index is 1100. The number of rotatable bonds is 3. The van der Waals surface area contributed by atoms with Crippen molar-refractivity contribution in [2.75, 3.05) is 0 Å². The van der Waals surface area contributed by atoms with Gasteiger partial charge in [0.05, 0.1) is 10.6 Å². The summed E-state index contributed by atoms with van der Waals surface area (Å²) in [5, 5.41) is 11.6. The van der Waals surface area contributed by atoms with E-state index in [-0.39, 0.29) is 16.9 Å². The Morgan fingerprint density at radius 3 is 2.43 bits per heavy atom. The van der Waals surface area contributed by atoms with Crippen LogP contribution in [0.2, 0.25) is 5.02 Å². The maximum atomic E-state index is 12.8. The number of aromatic nitrogens is 1. The van der Waals surface area contributed by atoms with Crippen molar-refractivity contribution in [3.63, 3.8) is 0 Å². The fourth-order valence-electron chi connectivity index (χ4n) is 3.89. The van der Waals surface area contributed by atoms with E-state index in [9.17, 15) is 14.9 Å². The molecule has 0 saturated carbocycles. The van der Waals surface area contributed by atoms with Crippen LogP contribution in [-0.2, 0) is 6.42 Å². The molecule has 0 radical (unpaired) electrons. The zero-order chi connectivity index (χ0) is 20.1. The van der Waals surface area contributed by atoms with E-state index in [1.54, 1.807) is 12.1 Å². The first-order valence-electron chi connectivity index (χ1n) is 9.04. The van der Waals surface area contributed by atoms with E-state index in [1.165, 1.54) is 12.1 Å². The van der Waals surface area contributed by atoms with Crippen LogP contribution in [0.1, 0.15) is 36.3 Å². The van der Waals surface area contributed by atoms with Gasteiger partial charge in [0.25, 0.3) is 5.69 Å². The standard InChI is InChI=1S/C22H19ClN2O3/c1-22(2)12-20-18(21(26)13-22)11-19(14-6-8-16(9-7-14)25(27)28)24(20)17-5-3-4-15(23)10-17/h3-11H,12-13H2,1-2H3. The first kappa shape index (κ1) is 18.4. The number of nitro benzene ring substituents is 1. The van der Waals surface area contributed by atoms with Crippen molar-refractivity contribution in [3.8, 4) is 16.9 Å². The third kappa shape index (κ3) is 3.22. The van der Waals surface area contributed by atoms with E-state index in [1.807, 2.05) is 30.3 Å². The van der Waals surface area contributed by atoms with Gasteiger partial charge in [0.15, 0.2) is 5.78 Å².